The van der Waals surface area contributed by atoms with Gasteiger partial charge in [0.1, 0.15) is 11.6 Å². The van der Waals surface area contributed by atoms with Gasteiger partial charge >= 0.3 is 5.97 Å². The van der Waals surface area contributed by atoms with E-state index in [1.165, 1.54) is 13.8 Å². The lowest BCUT2D eigenvalue weighted by atomic mass is 9.83. The lowest BCUT2D eigenvalue weighted by molar-refractivity contribution is -0.142. The number of anilines is 2. The molecular weight excluding hydrogens is 419 g/mol. The monoisotopic (exact) mass is 448 g/mol. The molecule has 2 aromatic carbocycles. The summed E-state index contributed by atoms with van der Waals surface area (Å²) in [5, 5.41) is 20.0. The second kappa shape index (κ2) is 9.58. The quantitative estimate of drug-likeness (QED) is 0.410. The number of nitrogens with zero attached hydrogens (tertiary/aromatic N) is 1. The molecule has 172 valence electrons. The summed E-state index contributed by atoms with van der Waals surface area (Å²) in [6.07, 6.45) is 2.20. The number of fused-ring (bicyclic) bond motifs is 1. The number of hydrogen-bond donors (Lipinski definition) is 4. The van der Waals surface area contributed by atoms with Crippen LogP contribution in [0.3, 0.4) is 0 Å². The summed E-state index contributed by atoms with van der Waals surface area (Å²) in [4.78, 5) is 16.0. The van der Waals surface area contributed by atoms with Gasteiger partial charge in [0.15, 0.2) is 0 Å². The smallest absolute Gasteiger partial charge is 0.313 e. The number of rotatable bonds is 8. The van der Waals surface area contributed by atoms with E-state index in [1.54, 1.807) is 24.4 Å². The van der Waals surface area contributed by atoms with Crippen LogP contribution in [0.25, 0.3) is 0 Å². The maximum Gasteiger partial charge on any atom is 0.313 e. The molecule has 3 aromatic rings. The molecule has 0 amide bonds. The van der Waals surface area contributed by atoms with Gasteiger partial charge in [0, 0.05) is 18.3 Å². The molecule has 0 aliphatic carbocycles. The summed E-state index contributed by atoms with van der Waals surface area (Å²) < 4.78 is 15.2. The Hall–Kier alpha value is -3.45. The summed E-state index contributed by atoms with van der Waals surface area (Å²) in [6.45, 7) is 4.28. The van der Waals surface area contributed by atoms with Crippen LogP contribution < -0.4 is 16.0 Å². The molecule has 2 atom stereocenters. The van der Waals surface area contributed by atoms with Gasteiger partial charge in [-0.15, -0.1) is 0 Å². The van der Waals surface area contributed by atoms with Gasteiger partial charge in [-0.05, 0) is 50.1 Å². The minimum atomic E-state index is -1.29. The highest BCUT2D eigenvalue weighted by atomic mass is 19.1. The number of benzene rings is 2. The van der Waals surface area contributed by atoms with E-state index < -0.39 is 17.2 Å². The Balaban J connectivity index is 1.51. The van der Waals surface area contributed by atoms with Crippen LogP contribution >= 0.6 is 0 Å². The molecule has 7 heteroatoms. The summed E-state index contributed by atoms with van der Waals surface area (Å²) in [6, 6.07) is 19.0. The van der Waals surface area contributed by atoms with Crippen molar-refractivity contribution in [1.29, 1.82) is 0 Å². The Bertz CT molecular complexity index is 1120. The molecule has 0 saturated heterocycles. The molecule has 1 aliphatic rings. The van der Waals surface area contributed by atoms with E-state index in [0.717, 1.165) is 17.1 Å². The van der Waals surface area contributed by atoms with Gasteiger partial charge < -0.3 is 21.1 Å². The van der Waals surface area contributed by atoms with Crippen LogP contribution in [-0.2, 0) is 16.6 Å². The van der Waals surface area contributed by atoms with Gasteiger partial charge in [0.2, 0.25) is 0 Å². The molecule has 0 bridgehead atoms. The molecule has 0 fully saturated rings. The van der Waals surface area contributed by atoms with Crippen molar-refractivity contribution in [2.45, 2.75) is 37.8 Å². The van der Waals surface area contributed by atoms with Crippen LogP contribution in [-0.4, -0.2) is 35.2 Å². The number of carboxylic acids is 1. The molecule has 33 heavy (non-hydrogen) atoms. The zero-order valence-electron chi connectivity index (χ0n) is 18.8. The van der Waals surface area contributed by atoms with Gasteiger partial charge in [0.25, 0.3) is 0 Å². The van der Waals surface area contributed by atoms with E-state index >= 15 is 4.39 Å². The third-order valence-corrected chi connectivity index (χ3v) is 6.25. The van der Waals surface area contributed by atoms with Crippen molar-refractivity contribution in [3.8, 4) is 0 Å². The fourth-order valence-electron chi connectivity index (χ4n) is 4.20. The number of halogens is 1. The normalized spacial score (nSPS) is 16.3. The Morgan fingerprint density at radius 2 is 1.97 bits per heavy atom. The maximum atomic E-state index is 15.2. The molecule has 1 aromatic heterocycles. The highest BCUT2D eigenvalue weighted by Crippen LogP contribution is 2.30. The highest BCUT2D eigenvalue weighted by molar-refractivity contribution is 5.80. The topological polar surface area (TPSA) is 86.3 Å². The van der Waals surface area contributed by atoms with E-state index in [2.05, 4.69) is 33.1 Å². The maximum absolute atomic E-state index is 15.2. The first-order valence-electron chi connectivity index (χ1n) is 11.1. The molecule has 0 saturated carbocycles. The van der Waals surface area contributed by atoms with Gasteiger partial charge in [-0.1, -0.05) is 48.5 Å². The molecule has 4 N–H and O–H groups in total. The summed E-state index contributed by atoms with van der Waals surface area (Å²) >= 11 is 0. The second-order valence-electron chi connectivity index (χ2n) is 8.83. The fourth-order valence-corrected chi connectivity index (χ4v) is 4.20. The van der Waals surface area contributed by atoms with Crippen LogP contribution in [0.4, 0.5) is 15.9 Å². The van der Waals surface area contributed by atoms with Crippen LogP contribution in [0.5, 0.6) is 0 Å². The molecule has 6 nitrogen and oxygen atoms in total. The highest BCUT2D eigenvalue weighted by Gasteiger charge is 2.33. The van der Waals surface area contributed by atoms with E-state index in [0.29, 0.717) is 25.1 Å². The molecule has 0 unspecified atom stereocenters. The van der Waals surface area contributed by atoms with Crippen LogP contribution in [0.1, 0.15) is 36.6 Å². The van der Waals surface area contributed by atoms with E-state index in [4.69, 9.17) is 0 Å². The SMILES string of the molecule is CC(C)(C(=O)O)c1cccc(CCN[C@H](c2ccccc2)[C@H]2CNc3cccnc3N2)c1F. The van der Waals surface area contributed by atoms with Crippen molar-refractivity contribution in [2.24, 2.45) is 0 Å². The van der Waals surface area contributed by atoms with Gasteiger partial charge in [-0.25, -0.2) is 9.37 Å². The standard InChI is InChI=1S/C26H29FN4O2/c1-26(2,25(32)33)19-11-6-10-17(22(19)27)13-15-28-23(18-8-4-3-5-9-18)21-16-30-20-12-7-14-29-24(20)31-21/h3-12,14,21,23,28,30H,13,15-16H2,1-2H3,(H,29,31)(H,32,33)/t21-,23-/m1/s1. The molecule has 0 spiro atoms. The van der Waals surface area contributed by atoms with Crippen molar-refractivity contribution in [1.82, 2.24) is 10.3 Å². The van der Waals surface area contributed by atoms with Crippen molar-refractivity contribution >= 4 is 17.5 Å². The molecule has 0 radical (unpaired) electrons. The Kier molecular flexibility index (Phi) is 6.60. The predicted octanol–water partition coefficient (Wildman–Crippen LogP) is 4.36. The van der Waals surface area contributed by atoms with Gasteiger partial charge in [-0.2, -0.15) is 0 Å². The lowest BCUT2D eigenvalue weighted by Gasteiger charge is -2.34. The Morgan fingerprint density at radius 1 is 1.18 bits per heavy atom. The average molecular weight is 449 g/mol. The zero-order chi connectivity index (χ0) is 23.4. The van der Waals surface area contributed by atoms with Crippen LogP contribution in [0.15, 0.2) is 66.9 Å². The Labute approximate surface area is 193 Å². The first-order chi connectivity index (χ1) is 15.9. The predicted molar refractivity (Wildman–Crippen MR) is 128 cm³/mol. The summed E-state index contributed by atoms with van der Waals surface area (Å²) in [5.74, 6) is -0.685. The first kappa shape index (κ1) is 22.7. The third kappa shape index (κ3) is 4.83. The minimum Gasteiger partial charge on any atom is -0.481 e. The average Bonchev–Trinajstić information content (AvgIpc) is 2.83. The van der Waals surface area contributed by atoms with E-state index in [9.17, 15) is 9.90 Å². The van der Waals surface area contributed by atoms with Crippen molar-refractivity contribution in [3.05, 3.63) is 89.4 Å². The molecule has 2 heterocycles. The van der Waals surface area contributed by atoms with Crippen molar-refractivity contribution < 1.29 is 14.3 Å². The number of hydrogen-bond acceptors (Lipinski definition) is 5. The number of carbonyl (C=O) groups is 1. The fraction of sp³-hybridized carbons (Fsp3) is 0.308. The van der Waals surface area contributed by atoms with Gasteiger partial charge in [0.05, 0.1) is 23.2 Å². The summed E-state index contributed by atoms with van der Waals surface area (Å²) in [7, 11) is 0. The number of pyridine rings is 1. The van der Waals surface area contributed by atoms with E-state index in [1.807, 2.05) is 30.3 Å². The van der Waals surface area contributed by atoms with Crippen molar-refractivity contribution in [2.75, 3.05) is 23.7 Å². The van der Waals surface area contributed by atoms with Gasteiger partial charge in [-0.3, -0.25) is 4.79 Å². The van der Waals surface area contributed by atoms with E-state index in [-0.39, 0.29) is 17.6 Å². The van der Waals surface area contributed by atoms with Crippen LogP contribution in [0, 0.1) is 5.82 Å². The number of carboxylic acid groups (broad SMARTS) is 1. The third-order valence-electron chi connectivity index (χ3n) is 6.25. The number of aliphatic carboxylic acids is 1. The minimum absolute atomic E-state index is 0.0319. The summed E-state index contributed by atoms with van der Waals surface area (Å²) in [5.41, 5.74) is 1.51. The first-order valence-corrected chi connectivity index (χ1v) is 11.1. The molecule has 1 aliphatic heterocycles. The number of aromatic nitrogens is 1. The van der Waals surface area contributed by atoms with Crippen LogP contribution in [0.2, 0.25) is 0 Å². The molecule has 4 rings (SSSR count). The second-order valence-corrected chi connectivity index (χ2v) is 8.83. The number of nitrogens with one attached hydrogen (secondary N) is 3. The zero-order valence-corrected chi connectivity index (χ0v) is 18.8. The lowest BCUT2D eigenvalue weighted by Crippen LogP contribution is -2.44. The Morgan fingerprint density at radius 3 is 2.73 bits per heavy atom. The largest absolute Gasteiger partial charge is 0.481 e. The van der Waals surface area contributed by atoms with Crippen molar-refractivity contribution in [3.63, 3.8) is 0 Å². The molecular formula is C26H29FN4O2.